The van der Waals surface area contributed by atoms with Crippen LogP contribution in [0.15, 0.2) is 42.7 Å². The second kappa shape index (κ2) is 9.78. The lowest BCUT2D eigenvalue weighted by Gasteiger charge is -2.30. The number of carboxylic acid groups (broad SMARTS) is 1. The fourth-order valence-corrected chi connectivity index (χ4v) is 5.08. The van der Waals surface area contributed by atoms with Gasteiger partial charge in [-0.05, 0) is 66.3 Å². The van der Waals surface area contributed by atoms with Crippen molar-refractivity contribution in [3.8, 4) is 22.4 Å². The van der Waals surface area contributed by atoms with E-state index in [9.17, 15) is 9.59 Å². The quantitative estimate of drug-likeness (QED) is 0.408. The number of aryl methyl sites for hydroxylation is 2. The molecule has 0 spiro atoms. The fourth-order valence-electron chi connectivity index (χ4n) is 5.08. The maximum Gasteiger partial charge on any atom is 0.304 e. The van der Waals surface area contributed by atoms with Crippen LogP contribution in [-0.2, 0) is 17.8 Å². The molecule has 2 aromatic carbocycles. The summed E-state index contributed by atoms with van der Waals surface area (Å²) in [5, 5.41) is 9.02. The normalized spacial score (nSPS) is 13.5. The maximum atomic E-state index is 12.5. The second-order valence-electron chi connectivity index (χ2n) is 9.98. The second-order valence-corrected chi connectivity index (χ2v) is 9.98. The third kappa shape index (κ3) is 4.84. The molecule has 0 bridgehead atoms. The molecule has 8 nitrogen and oxygen atoms in total. The lowest BCUT2D eigenvalue weighted by Crippen LogP contribution is -2.32. The first-order valence-corrected chi connectivity index (χ1v) is 12.4. The van der Waals surface area contributed by atoms with Crippen molar-refractivity contribution in [3.05, 3.63) is 70.5 Å². The Kier molecular flexibility index (Phi) is 6.52. The van der Waals surface area contributed by atoms with E-state index in [1.165, 1.54) is 16.7 Å². The Morgan fingerprint density at radius 1 is 1.11 bits per heavy atom. The maximum absolute atomic E-state index is 12.5. The Morgan fingerprint density at radius 3 is 2.62 bits per heavy atom. The summed E-state index contributed by atoms with van der Waals surface area (Å²) >= 11 is 0. The van der Waals surface area contributed by atoms with Gasteiger partial charge in [-0.2, -0.15) is 0 Å². The molecule has 0 fully saturated rings. The number of H-pyrrole nitrogens is 1. The molecule has 0 aliphatic carbocycles. The molecule has 2 aromatic heterocycles. The van der Waals surface area contributed by atoms with Crippen LogP contribution in [0.25, 0.3) is 33.5 Å². The number of fused-ring (bicyclic) bond motifs is 2. The number of aromatic nitrogens is 3. The van der Waals surface area contributed by atoms with Gasteiger partial charge in [0.25, 0.3) is 5.91 Å². The minimum atomic E-state index is -0.760. The summed E-state index contributed by atoms with van der Waals surface area (Å²) in [5.41, 5.74) is 10.6. The van der Waals surface area contributed by atoms with E-state index in [0.717, 1.165) is 53.0 Å². The van der Waals surface area contributed by atoms with Gasteiger partial charge < -0.3 is 15.0 Å². The van der Waals surface area contributed by atoms with Gasteiger partial charge in [-0.3, -0.25) is 14.5 Å². The third-order valence-electron chi connectivity index (χ3n) is 7.14. The van der Waals surface area contributed by atoms with Crippen LogP contribution in [-0.4, -0.2) is 68.9 Å². The molecule has 0 radical (unpaired) electrons. The van der Waals surface area contributed by atoms with Gasteiger partial charge in [-0.25, -0.2) is 9.97 Å². The van der Waals surface area contributed by atoms with Crippen molar-refractivity contribution in [2.45, 2.75) is 33.2 Å². The van der Waals surface area contributed by atoms with E-state index in [1.54, 1.807) is 25.2 Å². The van der Waals surface area contributed by atoms with Gasteiger partial charge in [0.05, 0.1) is 18.3 Å². The highest BCUT2D eigenvalue weighted by Crippen LogP contribution is 2.32. The van der Waals surface area contributed by atoms with Crippen LogP contribution in [0.4, 0.5) is 0 Å². The highest BCUT2D eigenvalue weighted by molar-refractivity contribution is 5.97. The minimum Gasteiger partial charge on any atom is -0.481 e. The Bertz CT molecular complexity index is 1520. The van der Waals surface area contributed by atoms with Crippen LogP contribution in [0.3, 0.4) is 0 Å². The van der Waals surface area contributed by atoms with E-state index >= 15 is 0 Å². The predicted octanol–water partition coefficient (Wildman–Crippen LogP) is 4.44. The Hall–Kier alpha value is -4.04. The summed E-state index contributed by atoms with van der Waals surface area (Å²) in [6, 6.07) is 10.2. The van der Waals surface area contributed by atoms with E-state index in [4.69, 9.17) is 10.1 Å². The topological polar surface area (TPSA) is 102 Å². The van der Waals surface area contributed by atoms with Crippen LogP contribution in [0.1, 0.15) is 39.0 Å². The number of carboxylic acids is 1. The highest BCUT2D eigenvalue weighted by Gasteiger charge is 2.21. The van der Waals surface area contributed by atoms with E-state index in [0.29, 0.717) is 17.8 Å². The molecule has 37 heavy (non-hydrogen) atoms. The van der Waals surface area contributed by atoms with Crippen molar-refractivity contribution in [2.24, 2.45) is 0 Å². The van der Waals surface area contributed by atoms with Crippen LogP contribution in [0.5, 0.6) is 0 Å². The monoisotopic (exact) mass is 497 g/mol. The molecule has 0 saturated heterocycles. The molecule has 190 valence electrons. The molecule has 2 N–H and O–H groups in total. The van der Waals surface area contributed by atoms with Gasteiger partial charge in [0, 0.05) is 56.6 Å². The Morgan fingerprint density at radius 2 is 1.89 bits per heavy atom. The first-order chi connectivity index (χ1) is 17.7. The Balaban J connectivity index is 1.47. The minimum absolute atomic E-state index is 0.0159. The van der Waals surface area contributed by atoms with Gasteiger partial charge in [-0.15, -0.1) is 0 Å². The summed E-state index contributed by atoms with van der Waals surface area (Å²) in [5.74, 6) is -0.776. The molecule has 5 rings (SSSR count). The number of nitrogens with one attached hydrogen (secondary N) is 1. The zero-order valence-corrected chi connectivity index (χ0v) is 21.6. The number of hydrogen-bond donors (Lipinski definition) is 2. The van der Waals surface area contributed by atoms with Crippen molar-refractivity contribution in [1.29, 1.82) is 0 Å². The molecule has 8 heteroatoms. The summed E-state index contributed by atoms with van der Waals surface area (Å²) in [4.78, 5) is 40.1. The average Bonchev–Trinajstić information content (AvgIpc) is 3.30. The molecule has 0 unspecified atom stereocenters. The number of aromatic amines is 1. The van der Waals surface area contributed by atoms with Crippen LogP contribution in [0, 0.1) is 13.8 Å². The zero-order chi connectivity index (χ0) is 26.3. The van der Waals surface area contributed by atoms with Gasteiger partial charge >= 0.3 is 5.97 Å². The lowest BCUT2D eigenvalue weighted by molar-refractivity contribution is -0.137. The largest absolute Gasteiger partial charge is 0.481 e. The number of aliphatic carboxylic acids is 1. The van der Waals surface area contributed by atoms with Gasteiger partial charge in [0.1, 0.15) is 5.52 Å². The fraction of sp³-hybridized carbons (Fsp3) is 0.310. The molecular formula is C29H31N5O3. The molecule has 1 aliphatic rings. The molecule has 1 amide bonds. The number of amides is 1. The Labute approximate surface area is 216 Å². The molecule has 3 heterocycles. The third-order valence-corrected chi connectivity index (χ3v) is 7.14. The SMILES string of the molecule is Cc1cc(-c2c[nH]c3ncc(-c4cc(C)c5c(c4)CCN(CCC(=O)O)C5)nc23)ccc1C(=O)N(C)C. The first-order valence-electron chi connectivity index (χ1n) is 12.4. The highest BCUT2D eigenvalue weighted by atomic mass is 16.4. The van der Waals surface area contributed by atoms with Gasteiger partial charge in [0.15, 0.2) is 5.65 Å². The number of nitrogens with zero attached hydrogens (tertiary/aromatic N) is 4. The predicted molar refractivity (Wildman–Crippen MR) is 143 cm³/mol. The number of rotatable bonds is 6. The summed E-state index contributed by atoms with van der Waals surface area (Å²) in [6.45, 7) is 6.24. The van der Waals surface area contributed by atoms with E-state index in [1.807, 2.05) is 31.3 Å². The molecule has 0 saturated carbocycles. The summed E-state index contributed by atoms with van der Waals surface area (Å²) < 4.78 is 0. The summed E-state index contributed by atoms with van der Waals surface area (Å²) in [6.07, 6.45) is 4.76. The van der Waals surface area contributed by atoms with Crippen molar-refractivity contribution >= 4 is 23.0 Å². The molecule has 1 aliphatic heterocycles. The van der Waals surface area contributed by atoms with Crippen LogP contribution in [0.2, 0.25) is 0 Å². The van der Waals surface area contributed by atoms with Crippen molar-refractivity contribution in [3.63, 3.8) is 0 Å². The zero-order valence-electron chi connectivity index (χ0n) is 21.6. The van der Waals surface area contributed by atoms with Gasteiger partial charge in [-0.1, -0.05) is 12.1 Å². The summed E-state index contributed by atoms with van der Waals surface area (Å²) in [7, 11) is 3.51. The van der Waals surface area contributed by atoms with E-state index in [-0.39, 0.29) is 12.3 Å². The number of carbonyl (C=O) groups is 2. The average molecular weight is 498 g/mol. The van der Waals surface area contributed by atoms with Crippen LogP contribution >= 0.6 is 0 Å². The van der Waals surface area contributed by atoms with Crippen LogP contribution < -0.4 is 0 Å². The number of carbonyl (C=O) groups excluding carboxylic acids is 1. The number of hydrogen-bond acceptors (Lipinski definition) is 5. The smallest absolute Gasteiger partial charge is 0.304 e. The number of benzene rings is 2. The van der Waals surface area contributed by atoms with Crippen molar-refractivity contribution in [2.75, 3.05) is 27.2 Å². The first kappa shape index (κ1) is 24.6. The van der Waals surface area contributed by atoms with E-state index in [2.05, 4.69) is 33.9 Å². The molecular weight excluding hydrogens is 466 g/mol. The van der Waals surface area contributed by atoms with Crippen molar-refractivity contribution in [1.82, 2.24) is 24.8 Å². The molecule has 4 aromatic rings. The van der Waals surface area contributed by atoms with Crippen molar-refractivity contribution < 1.29 is 14.7 Å². The standard InChI is InChI=1S/C29H31N5O3/c1-17-11-19(5-6-22(17)29(37)33(3)4)23-14-30-28-27(23)32-25(15-31-28)21-12-18(2)24-16-34(10-8-26(35)36)9-7-20(24)13-21/h5-6,11-15H,7-10,16H2,1-4H3,(H,30,31)(H,35,36). The van der Waals surface area contributed by atoms with Gasteiger partial charge in [0.2, 0.25) is 0 Å². The molecule has 0 atom stereocenters. The van der Waals surface area contributed by atoms with E-state index < -0.39 is 5.97 Å². The lowest BCUT2D eigenvalue weighted by atomic mass is 9.92.